The van der Waals surface area contributed by atoms with Crippen LogP contribution in [0.1, 0.15) is 62.2 Å². The summed E-state index contributed by atoms with van der Waals surface area (Å²) in [6.45, 7) is 1.94. The predicted octanol–water partition coefficient (Wildman–Crippen LogP) is 4.67. The van der Waals surface area contributed by atoms with E-state index in [4.69, 9.17) is 4.74 Å². The summed E-state index contributed by atoms with van der Waals surface area (Å²) in [6, 6.07) is 10.8. The third-order valence-corrected chi connectivity index (χ3v) is 9.14. The van der Waals surface area contributed by atoms with Gasteiger partial charge in [-0.2, -0.15) is 4.31 Å². The predicted molar refractivity (Wildman–Crippen MR) is 138 cm³/mol. The highest BCUT2D eigenvalue weighted by atomic mass is 79.9. The number of halogens is 1. The first-order valence-electron chi connectivity index (χ1n) is 12.2. The van der Waals surface area contributed by atoms with Crippen LogP contribution in [0.5, 0.6) is 0 Å². The standard InChI is InChI=1S/C26H29BrN2O6S/c1-2-35-26(32)18-9-13-20(14-10-18)28-24(30)17-23(25(28)31)29(21-7-5-3-4-6-8-21)36(33,34)22-15-11-19(27)12-16-22/h9-16,21,23H,2-8,17H2,1H3. The van der Waals surface area contributed by atoms with Gasteiger partial charge in [0, 0.05) is 10.5 Å². The number of anilines is 1. The van der Waals surface area contributed by atoms with Crippen LogP contribution in [-0.4, -0.2) is 49.2 Å². The summed E-state index contributed by atoms with van der Waals surface area (Å²) in [5, 5.41) is 0. The van der Waals surface area contributed by atoms with Crippen LogP contribution in [0.2, 0.25) is 0 Å². The summed E-state index contributed by atoms with van der Waals surface area (Å²) in [7, 11) is -4.05. The van der Waals surface area contributed by atoms with Crippen molar-refractivity contribution in [3.05, 3.63) is 58.6 Å². The molecule has 8 nitrogen and oxygen atoms in total. The Kier molecular flexibility index (Phi) is 8.27. The average molecular weight is 577 g/mol. The van der Waals surface area contributed by atoms with Crippen LogP contribution in [0, 0.1) is 0 Å². The largest absolute Gasteiger partial charge is 0.462 e. The number of ether oxygens (including phenoxy) is 1. The van der Waals surface area contributed by atoms with E-state index in [1.807, 2.05) is 0 Å². The molecule has 2 amide bonds. The van der Waals surface area contributed by atoms with Gasteiger partial charge >= 0.3 is 5.97 Å². The highest BCUT2D eigenvalue weighted by Crippen LogP contribution is 2.35. The molecular weight excluding hydrogens is 548 g/mol. The van der Waals surface area contributed by atoms with Crippen LogP contribution in [0.3, 0.4) is 0 Å². The Labute approximate surface area is 219 Å². The van der Waals surface area contributed by atoms with Gasteiger partial charge in [0.1, 0.15) is 6.04 Å². The number of rotatable bonds is 7. The summed E-state index contributed by atoms with van der Waals surface area (Å²) in [5.41, 5.74) is 0.594. The van der Waals surface area contributed by atoms with Gasteiger partial charge in [-0.1, -0.05) is 41.6 Å². The molecule has 1 heterocycles. The van der Waals surface area contributed by atoms with Crippen molar-refractivity contribution in [2.24, 2.45) is 0 Å². The highest BCUT2D eigenvalue weighted by molar-refractivity contribution is 9.10. The Morgan fingerprint density at radius 1 is 1.00 bits per heavy atom. The van der Waals surface area contributed by atoms with E-state index in [2.05, 4.69) is 15.9 Å². The highest BCUT2D eigenvalue weighted by Gasteiger charge is 2.49. The maximum Gasteiger partial charge on any atom is 0.338 e. The molecule has 192 valence electrons. The molecule has 1 aliphatic carbocycles. The molecule has 1 unspecified atom stereocenters. The molecule has 2 fully saturated rings. The molecule has 2 aromatic rings. The summed E-state index contributed by atoms with van der Waals surface area (Å²) >= 11 is 3.33. The van der Waals surface area contributed by atoms with Crippen molar-refractivity contribution in [3.8, 4) is 0 Å². The van der Waals surface area contributed by atoms with Crippen molar-refractivity contribution in [2.75, 3.05) is 11.5 Å². The summed E-state index contributed by atoms with van der Waals surface area (Å²) in [6.07, 6.45) is 4.81. The minimum absolute atomic E-state index is 0.0902. The van der Waals surface area contributed by atoms with Crippen LogP contribution in [0.25, 0.3) is 0 Å². The maximum absolute atomic E-state index is 13.9. The molecule has 0 bridgehead atoms. The Morgan fingerprint density at radius 3 is 2.19 bits per heavy atom. The molecule has 2 aromatic carbocycles. The first-order valence-corrected chi connectivity index (χ1v) is 14.4. The number of amides is 2. The minimum Gasteiger partial charge on any atom is -0.462 e. The number of imide groups is 1. The number of sulfonamides is 1. The van der Waals surface area contributed by atoms with Gasteiger partial charge < -0.3 is 4.74 Å². The van der Waals surface area contributed by atoms with Gasteiger partial charge in [-0.15, -0.1) is 0 Å². The summed E-state index contributed by atoms with van der Waals surface area (Å²) in [4.78, 5) is 39.8. The lowest BCUT2D eigenvalue weighted by Gasteiger charge is -2.33. The molecular formula is C26H29BrN2O6S. The molecule has 10 heteroatoms. The smallest absolute Gasteiger partial charge is 0.338 e. The topological polar surface area (TPSA) is 101 Å². The molecule has 0 spiro atoms. The number of carbonyl (C=O) groups excluding carboxylic acids is 3. The van der Waals surface area contributed by atoms with E-state index in [1.165, 1.54) is 40.7 Å². The first kappa shape index (κ1) is 26.5. The zero-order chi connectivity index (χ0) is 25.9. The van der Waals surface area contributed by atoms with Gasteiger partial charge in [0.2, 0.25) is 15.9 Å². The molecule has 2 aliphatic rings. The summed E-state index contributed by atoms with van der Waals surface area (Å²) in [5.74, 6) is -1.55. The molecule has 0 aromatic heterocycles. The second-order valence-electron chi connectivity index (χ2n) is 8.99. The SMILES string of the molecule is CCOC(=O)c1ccc(N2C(=O)CC(N(C3CCCCCC3)S(=O)(=O)c3ccc(Br)cc3)C2=O)cc1. The molecule has 1 aliphatic heterocycles. The number of hydrogen-bond acceptors (Lipinski definition) is 6. The first-order chi connectivity index (χ1) is 17.2. The zero-order valence-electron chi connectivity index (χ0n) is 20.1. The van der Waals surface area contributed by atoms with E-state index in [-0.39, 0.29) is 24.0 Å². The van der Waals surface area contributed by atoms with Gasteiger partial charge in [-0.05, 0) is 68.3 Å². The van der Waals surface area contributed by atoms with Crippen LogP contribution in [-0.2, 0) is 24.3 Å². The Bertz CT molecular complexity index is 1220. The molecule has 0 radical (unpaired) electrons. The van der Waals surface area contributed by atoms with E-state index in [0.29, 0.717) is 24.1 Å². The normalized spacial score (nSPS) is 19.5. The Morgan fingerprint density at radius 2 is 1.61 bits per heavy atom. The van der Waals surface area contributed by atoms with Gasteiger partial charge in [0.15, 0.2) is 0 Å². The van der Waals surface area contributed by atoms with Gasteiger partial charge in [0.05, 0.1) is 29.2 Å². The molecule has 0 N–H and O–H groups in total. The lowest BCUT2D eigenvalue weighted by atomic mass is 10.1. The molecule has 36 heavy (non-hydrogen) atoms. The third kappa shape index (κ3) is 5.40. The lowest BCUT2D eigenvalue weighted by molar-refractivity contribution is -0.122. The van der Waals surface area contributed by atoms with Gasteiger partial charge in [0.25, 0.3) is 5.91 Å². The average Bonchev–Trinajstić information content (AvgIpc) is 3.01. The number of esters is 1. The monoisotopic (exact) mass is 576 g/mol. The second-order valence-corrected chi connectivity index (χ2v) is 11.7. The second kappa shape index (κ2) is 11.2. The quantitative estimate of drug-likeness (QED) is 0.269. The molecule has 1 saturated heterocycles. The van der Waals surface area contributed by atoms with Crippen molar-refractivity contribution >= 4 is 49.4 Å². The van der Waals surface area contributed by atoms with Crippen molar-refractivity contribution in [1.29, 1.82) is 0 Å². The molecule has 1 atom stereocenters. The maximum atomic E-state index is 13.9. The molecule has 4 rings (SSSR count). The Balaban J connectivity index is 1.68. The third-order valence-electron chi connectivity index (χ3n) is 6.64. The number of hydrogen-bond donors (Lipinski definition) is 0. The fourth-order valence-corrected chi connectivity index (χ4v) is 7.00. The Hall–Kier alpha value is -2.56. The van der Waals surface area contributed by atoms with Crippen molar-refractivity contribution in [2.45, 2.75) is 68.8 Å². The molecule has 1 saturated carbocycles. The van der Waals surface area contributed by atoms with Crippen LogP contribution in [0.15, 0.2) is 57.9 Å². The van der Waals surface area contributed by atoms with Crippen molar-refractivity contribution in [1.82, 2.24) is 4.31 Å². The van der Waals surface area contributed by atoms with Crippen molar-refractivity contribution < 1.29 is 27.5 Å². The van der Waals surface area contributed by atoms with E-state index in [0.717, 1.165) is 35.1 Å². The van der Waals surface area contributed by atoms with Crippen LogP contribution < -0.4 is 4.90 Å². The van der Waals surface area contributed by atoms with E-state index in [9.17, 15) is 22.8 Å². The summed E-state index contributed by atoms with van der Waals surface area (Å²) < 4.78 is 34.8. The van der Waals surface area contributed by atoms with E-state index in [1.54, 1.807) is 19.1 Å². The number of benzene rings is 2. The van der Waals surface area contributed by atoms with Crippen molar-refractivity contribution in [3.63, 3.8) is 0 Å². The van der Waals surface area contributed by atoms with Crippen LogP contribution >= 0.6 is 15.9 Å². The van der Waals surface area contributed by atoms with Gasteiger partial charge in [-0.3, -0.25) is 9.59 Å². The van der Waals surface area contributed by atoms with E-state index < -0.39 is 33.8 Å². The fraction of sp³-hybridized carbons (Fsp3) is 0.423. The van der Waals surface area contributed by atoms with E-state index >= 15 is 0 Å². The number of nitrogens with zero attached hydrogens (tertiary/aromatic N) is 2. The zero-order valence-corrected chi connectivity index (χ0v) is 22.5. The lowest BCUT2D eigenvalue weighted by Crippen LogP contribution is -2.50. The van der Waals surface area contributed by atoms with Gasteiger partial charge in [-0.25, -0.2) is 18.1 Å². The fourth-order valence-electron chi connectivity index (χ4n) is 4.91. The minimum atomic E-state index is -4.05. The van der Waals surface area contributed by atoms with Crippen LogP contribution in [0.4, 0.5) is 5.69 Å². The number of carbonyl (C=O) groups is 3.